The van der Waals surface area contributed by atoms with Gasteiger partial charge < -0.3 is 9.47 Å². The van der Waals surface area contributed by atoms with Gasteiger partial charge >= 0.3 is 0 Å². The van der Waals surface area contributed by atoms with Gasteiger partial charge in [0.2, 0.25) is 0 Å². The Bertz CT molecular complexity index is 3240. The molecule has 0 N–H and O–H groups in total. The van der Waals surface area contributed by atoms with Crippen LogP contribution in [0.2, 0.25) is 0 Å². The van der Waals surface area contributed by atoms with E-state index >= 15 is 0 Å². The molecule has 0 radical (unpaired) electrons. The molecule has 0 fully saturated rings. The number of nitrogens with zero attached hydrogens (tertiary/aromatic N) is 2. The average molecular weight is 743 g/mol. The van der Waals surface area contributed by atoms with Crippen molar-refractivity contribution < 1.29 is 0 Å². The fourth-order valence-electron chi connectivity index (χ4n) is 9.25. The van der Waals surface area contributed by atoms with Crippen LogP contribution in [-0.2, 0) is 5.41 Å². The third kappa shape index (κ3) is 5.40. The maximum atomic E-state index is 2.47. The van der Waals surface area contributed by atoms with E-state index in [0.29, 0.717) is 0 Å². The summed E-state index contributed by atoms with van der Waals surface area (Å²) in [5, 5.41) is 10.1. The first kappa shape index (κ1) is 34.1. The second-order valence-electron chi connectivity index (χ2n) is 16.6. The van der Waals surface area contributed by atoms with Crippen LogP contribution in [0.15, 0.2) is 200 Å². The highest BCUT2D eigenvalue weighted by atomic mass is 15.1. The first-order valence-electron chi connectivity index (χ1n) is 20.3. The minimum atomic E-state index is 0.0771. The first-order chi connectivity index (χ1) is 28.4. The molecule has 10 aromatic carbocycles. The highest BCUT2D eigenvalue weighted by Gasteiger charge is 2.23. The Morgan fingerprint density at radius 1 is 0.379 bits per heavy atom. The van der Waals surface area contributed by atoms with E-state index < -0.39 is 0 Å². The third-order valence-corrected chi connectivity index (χ3v) is 12.1. The zero-order chi connectivity index (χ0) is 39.0. The van der Waals surface area contributed by atoms with Gasteiger partial charge in [0.1, 0.15) is 0 Å². The van der Waals surface area contributed by atoms with Crippen molar-refractivity contribution in [2.45, 2.75) is 26.2 Å². The second kappa shape index (κ2) is 13.2. The van der Waals surface area contributed by atoms with Crippen LogP contribution in [0, 0.1) is 0 Å². The largest absolute Gasteiger partial charge is 0.309 e. The van der Waals surface area contributed by atoms with Crippen LogP contribution in [0.3, 0.4) is 0 Å². The Balaban J connectivity index is 1.16. The molecule has 0 spiro atoms. The summed E-state index contributed by atoms with van der Waals surface area (Å²) >= 11 is 0. The van der Waals surface area contributed by atoms with Gasteiger partial charge in [0.15, 0.2) is 0 Å². The zero-order valence-corrected chi connectivity index (χ0v) is 32.9. The molecule has 0 aliphatic rings. The first-order valence-corrected chi connectivity index (χ1v) is 20.3. The summed E-state index contributed by atoms with van der Waals surface area (Å²) in [7, 11) is 0. The highest BCUT2D eigenvalue weighted by Crippen LogP contribution is 2.48. The summed E-state index contributed by atoms with van der Waals surface area (Å²) in [5.74, 6) is 0. The SMILES string of the molecule is CC(C)(C)c1ccc(-c2ccccc2N(c2ccc(-c3ccccc3)cc2)c2ccc3ccc4c(-n5c6ccccc6c6ccccc65)ccc5ccc2c3c54)cc1. The lowest BCUT2D eigenvalue weighted by molar-refractivity contribution is 0.590. The van der Waals surface area contributed by atoms with E-state index in [1.165, 1.54) is 87.6 Å². The quantitative estimate of drug-likeness (QED) is 0.154. The van der Waals surface area contributed by atoms with Crippen molar-refractivity contribution in [3.8, 4) is 27.9 Å². The predicted molar refractivity (Wildman–Crippen MR) is 249 cm³/mol. The molecule has 0 amide bonds. The Kier molecular flexibility index (Phi) is 7.78. The normalized spacial score (nSPS) is 12.1. The summed E-state index contributed by atoms with van der Waals surface area (Å²) in [4.78, 5) is 2.47. The lowest BCUT2D eigenvalue weighted by Gasteiger charge is -2.30. The smallest absolute Gasteiger partial charge is 0.0541 e. The van der Waals surface area contributed by atoms with E-state index in [4.69, 9.17) is 0 Å². The van der Waals surface area contributed by atoms with Gasteiger partial charge in [-0.15, -0.1) is 0 Å². The molecule has 0 unspecified atom stereocenters. The summed E-state index contributed by atoms with van der Waals surface area (Å²) in [6.45, 7) is 6.82. The van der Waals surface area contributed by atoms with Crippen LogP contribution in [0.5, 0.6) is 0 Å². The van der Waals surface area contributed by atoms with Crippen LogP contribution < -0.4 is 4.90 Å². The maximum Gasteiger partial charge on any atom is 0.0541 e. The van der Waals surface area contributed by atoms with Gasteiger partial charge in [-0.25, -0.2) is 0 Å². The van der Waals surface area contributed by atoms with E-state index in [0.717, 1.165) is 17.1 Å². The van der Waals surface area contributed by atoms with Crippen LogP contribution in [-0.4, -0.2) is 4.57 Å². The highest BCUT2D eigenvalue weighted by molar-refractivity contribution is 6.27. The van der Waals surface area contributed by atoms with Gasteiger partial charge in [0.05, 0.1) is 28.1 Å². The fraction of sp³-hybridized carbons (Fsp3) is 0.0714. The number of hydrogen-bond acceptors (Lipinski definition) is 1. The molecule has 11 rings (SSSR count). The molecule has 0 aliphatic heterocycles. The monoisotopic (exact) mass is 742 g/mol. The van der Waals surface area contributed by atoms with E-state index in [1.807, 2.05) is 0 Å². The summed E-state index contributed by atoms with van der Waals surface area (Å²) in [5.41, 5.74) is 13.2. The van der Waals surface area contributed by atoms with Crippen LogP contribution in [0.25, 0.3) is 82.1 Å². The van der Waals surface area contributed by atoms with Gasteiger partial charge in [-0.1, -0.05) is 178 Å². The summed E-state index contributed by atoms with van der Waals surface area (Å²) < 4.78 is 2.46. The Hall–Kier alpha value is -7.16. The minimum Gasteiger partial charge on any atom is -0.309 e. The molecule has 2 nitrogen and oxygen atoms in total. The topological polar surface area (TPSA) is 8.17 Å². The van der Waals surface area contributed by atoms with E-state index in [-0.39, 0.29) is 5.41 Å². The second-order valence-corrected chi connectivity index (χ2v) is 16.6. The molecule has 2 heteroatoms. The summed E-state index contributed by atoms with van der Waals surface area (Å²) in [6.07, 6.45) is 0. The molecule has 0 atom stereocenters. The van der Waals surface area contributed by atoms with Crippen LogP contribution >= 0.6 is 0 Å². The number of aromatic nitrogens is 1. The maximum absolute atomic E-state index is 2.47. The van der Waals surface area contributed by atoms with Crippen LogP contribution in [0.4, 0.5) is 17.1 Å². The van der Waals surface area contributed by atoms with Crippen molar-refractivity contribution in [3.05, 3.63) is 206 Å². The molecule has 0 saturated heterocycles. The fourth-order valence-corrected chi connectivity index (χ4v) is 9.25. The standard InChI is InChI=1S/C56H42N2/c1-56(2,3)42-29-21-39(22-30-42)44-15-7-10-18-49(44)57(43-31-23-38(24-32-43)37-13-5-4-6-14-37)52-35-27-40-26-34-48-53(36-28-41-25-33-47(52)54(40)55(41)48)58-50-19-11-8-16-45(50)46-17-9-12-20-51(46)58/h4-36H,1-3H3. The third-order valence-electron chi connectivity index (χ3n) is 12.1. The van der Waals surface area contributed by atoms with E-state index in [9.17, 15) is 0 Å². The van der Waals surface area contributed by atoms with Gasteiger partial charge in [-0.2, -0.15) is 0 Å². The number of anilines is 3. The van der Waals surface area contributed by atoms with Crippen molar-refractivity contribution in [1.29, 1.82) is 0 Å². The molecule has 1 aromatic heterocycles. The molecule has 11 aromatic rings. The zero-order valence-electron chi connectivity index (χ0n) is 32.9. The predicted octanol–water partition coefficient (Wildman–Crippen LogP) is 15.8. The Morgan fingerprint density at radius 3 is 1.60 bits per heavy atom. The molecular formula is C56H42N2. The molecule has 58 heavy (non-hydrogen) atoms. The number of para-hydroxylation sites is 3. The van der Waals surface area contributed by atoms with Crippen LogP contribution in [0.1, 0.15) is 26.3 Å². The molecular weight excluding hydrogens is 701 g/mol. The number of rotatable bonds is 6. The van der Waals surface area contributed by atoms with Crippen molar-refractivity contribution in [3.63, 3.8) is 0 Å². The average Bonchev–Trinajstić information content (AvgIpc) is 3.60. The van der Waals surface area contributed by atoms with Crippen molar-refractivity contribution in [1.82, 2.24) is 4.57 Å². The van der Waals surface area contributed by atoms with Gasteiger partial charge in [-0.05, 0) is 91.7 Å². The van der Waals surface area contributed by atoms with Crippen molar-refractivity contribution >= 4 is 71.2 Å². The minimum absolute atomic E-state index is 0.0771. The summed E-state index contributed by atoms with van der Waals surface area (Å²) in [6, 6.07) is 73.9. The molecule has 0 saturated carbocycles. The lowest BCUT2D eigenvalue weighted by Crippen LogP contribution is -2.12. The van der Waals surface area contributed by atoms with Gasteiger partial charge in [0, 0.05) is 32.8 Å². The van der Waals surface area contributed by atoms with Gasteiger partial charge in [-0.3, -0.25) is 0 Å². The number of hydrogen-bond donors (Lipinski definition) is 0. The molecule has 276 valence electrons. The Labute approximate surface area is 339 Å². The molecule has 0 aliphatic carbocycles. The lowest BCUT2D eigenvalue weighted by atomic mass is 9.86. The molecule has 0 bridgehead atoms. The Morgan fingerprint density at radius 2 is 0.914 bits per heavy atom. The van der Waals surface area contributed by atoms with Crippen molar-refractivity contribution in [2.24, 2.45) is 0 Å². The van der Waals surface area contributed by atoms with Gasteiger partial charge in [0.25, 0.3) is 0 Å². The van der Waals surface area contributed by atoms with E-state index in [1.54, 1.807) is 0 Å². The van der Waals surface area contributed by atoms with Crippen molar-refractivity contribution in [2.75, 3.05) is 4.90 Å². The number of fused-ring (bicyclic) bond motifs is 3. The molecule has 1 heterocycles. The van der Waals surface area contributed by atoms with E-state index in [2.05, 4.69) is 230 Å². The number of benzene rings is 10.